The van der Waals surface area contributed by atoms with Crippen LogP contribution in [0.3, 0.4) is 0 Å². The highest BCUT2D eigenvalue weighted by atomic mass is 35.5. The van der Waals surface area contributed by atoms with Crippen LogP contribution in [0.4, 0.5) is 15.8 Å². The molecule has 2 heterocycles. The average Bonchev–Trinajstić information content (AvgIpc) is 2.92. The number of halogens is 2. The molecule has 2 fully saturated rings. The Hall–Kier alpha value is -3.49. The van der Waals surface area contributed by atoms with Crippen LogP contribution in [-0.2, 0) is 5.54 Å². The molecule has 2 aliphatic rings. The lowest BCUT2D eigenvalue weighted by Crippen LogP contribution is -2.50. The summed E-state index contributed by atoms with van der Waals surface area (Å²) in [5, 5.41) is 5.92. The van der Waals surface area contributed by atoms with E-state index < -0.39 is 17.3 Å². The number of aromatic nitrogens is 1. The first-order valence-electron chi connectivity index (χ1n) is 13.0. The molecule has 38 heavy (non-hydrogen) atoms. The van der Waals surface area contributed by atoms with Crippen molar-refractivity contribution in [2.75, 3.05) is 42.9 Å². The Labute approximate surface area is 227 Å². The third-order valence-corrected chi connectivity index (χ3v) is 7.92. The lowest BCUT2D eigenvalue weighted by molar-refractivity contribution is 0.0823. The van der Waals surface area contributed by atoms with E-state index in [9.17, 15) is 14.0 Å². The first-order chi connectivity index (χ1) is 18.4. The maximum Gasteiger partial charge on any atom is 0.258 e. The van der Waals surface area contributed by atoms with Crippen molar-refractivity contribution in [1.82, 2.24) is 15.2 Å². The monoisotopic (exact) mass is 535 g/mol. The SMILES string of the molecule is CCN1CCN(c2ccc(C(=O)NC3(c4ccc(NC(=O)c5cc(F)cnc5Cl)cc4)CCC3)cc2)CC1. The zero-order valence-electron chi connectivity index (χ0n) is 21.3. The molecule has 1 saturated heterocycles. The van der Waals surface area contributed by atoms with Crippen molar-refractivity contribution in [2.45, 2.75) is 31.7 Å². The van der Waals surface area contributed by atoms with Crippen LogP contribution in [0.2, 0.25) is 5.15 Å². The van der Waals surface area contributed by atoms with Gasteiger partial charge in [0.2, 0.25) is 0 Å². The number of pyridine rings is 1. The third kappa shape index (κ3) is 5.51. The zero-order chi connectivity index (χ0) is 26.7. The summed E-state index contributed by atoms with van der Waals surface area (Å²) in [5.41, 5.74) is 2.82. The van der Waals surface area contributed by atoms with Crippen LogP contribution in [-0.4, -0.2) is 54.4 Å². The van der Waals surface area contributed by atoms with Gasteiger partial charge in [0.15, 0.2) is 0 Å². The topological polar surface area (TPSA) is 77.6 Å². The normalized spacial score (nSPS) is 17.0. The number of hydrogen-bond acceptors (Lipinski definition) is 5. The second-order valence-electron chi connectivity index (χ2n) is 9.88. The molecule has 2 aromatic carbocycles. The van der Waals surface area contributed by atoms with Gasteiger partial charge in [-0.3, -0.25) is 9.59 Å². The van der Waals surface area contributed by atoms with Gasteiger partial charge in [0.1, 0.15) is 11.0 Å². The maximum atomic E-state index is 13.5. The number of carbonyl (C=O) groups excluding carboxylic acids is 2. The fraction of sp³-hybridized carbons (Fsp3) is 0.345. The lowest BCUT2D eigenvalue weighted by Gasteiger charge is -2.43. The quantitative estimate of drug-likeness (QED) is 0.413. The molecule has 9 heteroatoms. The van der Waals surface area contributed by atoms with Crippen LogP contribution < -0.4 is 15.5 Å². The number of carbonyl (C=O) groups is 2. The molecule has 0 unspecified atom stereocenters. The highest BCUT2D eigenvalue weighted by molar-refractivity contribution is 6.33. The van der Waals surface area contributed by atoms with Crippen LogP contribution in [0.25, 0.3) is 0 Å². The average molecular weight is 536 g/mol. The number of likely N-dealkylation sites (N-methyl/N-ethyl adjacent to an activating group) is 1. The molecule has 5 rings (SSSR count). The van der Waals surface area contributed by atoms with Crippen LogP contribution in [0.1, 0.15) is 52.5 Å². The molecule has 7 nitrogen and oxygen atoms in total. The van der Waals surface area contributed by atoms with E-state index in [1.54, 1.807) is 12.1 Å². The van der Waals surface area contributed by atoms with E-state index in [1.807, 2.05) is 36.4 Å². The summed E-state index contributed by atoms with van der Waals surface area (Å²) in [4.78, 5) is 34.2. The molecular formula is C29H31ClFN5O2. The molecule has 0 bridgehead atoms. The van der Waals surface area contributed by atoms with Crippen molar-refractivity contribution >= 4 is 34.8 Å². The summed E-state index contributed by atoms with van der Waals surface area (Å²) >= 11 is 5.94. The number of rotatable bonds is 7. The van der Waals surface area contributed by atoms with E-state index in [0.29, 0.717) is 11.3 Å². The molecular weight excluding hydrogens is 505 g/mol. The number of amides is 2. The van der Waals surface area contributed by atoms with E-state index in [-0.39, 0.29) is 16.6 Å². The summed E-state index contributed by atoms with van der Waals surface area (Å²) in [7, 11) is 0. The highest BCUT2D eigenvalue weighted by Crippen LogP contribution is 2.42. The largest absolute Gasteiger partial charge is 0.369 e. The number of nitrogens with one attached hydrogen (secondary N) is 2. The minimum absolute atomic E-state index is 0.0345. The van der Waals surface area contributed by atoms with E-state index in [4.69, 9.17) is 11.6 Å². The molecule has 198 valence electrons. The van der Waals surface area contributed by atoms with Gasteiger partial charge < -0.3 is 20.4 Å². The third-order valence-electron chi connectivity index (χ3n) is 7.62. The summed E-state index contributed by atoms with van der Waals surface area (Å²) in [6.07, 6.45) is 3.67. The van der Waals surface area contributed by atoms with Crippen LogP contribution in [0.5, 0.6) is 0 Å². The van der Waals surface area contributed by atoms with Crippen molar-refractivity contribution in [2.24, 2.45) is 0 Å². The summed E-state index contributed by atoms with van der Waals surface area (Å²) < 4.78 is 13.5. The Kier molecular flexibility index (Phi) is 7.63. The predicted octanol–water partition coefficient (Wildman–Crippen LogP) is 5.08. The Morgan fingerprint density at radius 3 is 2.29 bits per heavy atom. The number of nitrogens with zero attached hydrogens (tertiary/aromatic N) is 3. The second kappa shape index (κ2) is 11.1. The van der Waals surface area contributed by atoms with Gasteiger partial charge in [0.25, 0.3) is 11.8 Å². The van der Waals surface area contributed by atoms with Gasteiger partial charge in [-0.15, -0.1) is 0 Å². The first-order valence-corrected chi connectivity index (χ1v) is 13.4. The minimum atomic E-state index is -0.637. The Bertz CT molecular complexity index is 1300. The smallest absolute Gasteiger partial charge is 0.258 e. The van der Waals surface area contributed by atoms with E-state index >= 15 is 0 Å². The van der Waals surface area contributed by atoms with Gasteiger partial charge in [-0.05, 0) is 73.8 Å². The summed E-state index contributed by atoms with van der Waals surface area (Å²) in [5.74, 6) is -1.28. The molecule has 0 radical (unpaired) electrons. The molecule has 1 aliphatic heterocycles. The molecule has 3 aromatic rings. The summed E-state index contributed by atoms with van der Waals surface area (Å²) in [6, 6.07) is 16.3. The highest BCUT2D eigenvalue weighted by Gasteiger charge is 2.40. The van der Waals surface area contributed by atoms with Crippen LogP contribution >= 0.6 is 11.6 Å². The first kappa shape index (κ1) is 26.1. The maximum absolute atomic E-state index is 13.5. The molecule has 1 aromatic heterocycles. The van der Waals surface area contributed by atoms with Crippen molar-refractivity contribution in [1.29, 1.82) is 0 Å². The van der Waals surface area contributed by atoms with Gasteiger partial charge in [0, 0.05) is 43.1 Å². The molecule has 2 N–H and O–H groups in total. The van der Waals surface area contributed by atoms with E-state index in [1.165, 1.54) is 0 Å². The Morgan fingerprint density at radius 1 is 1.00 bits per heavy atom. The molecule has 2 amide bonds. The molecule has 1 aliphatic carbocycles. The van der Waals surface area contributed by atoms with E-state index in [2.05, 4.69) is 32.3 Å². The Balaban J connectivity index is 1.23. The van der Waals surface area contributed by atoms with Gasteiger partial charge in [0.05, 0.1) is 17.3 Å². The predicted molar refractivity (Wildman–Crippen MR) is 147 cm³/mol. The van der Waals surface area contributed by atoms with Crippen LogP contribution in [0.15, 0.2) is 60.8 Å². The number of benzene rings is 2. The van der Waals surface area contributed by atoms with Gasteiger partial charge in [-0.2, -0.15) is 0 Å². The molecule has 0 atom stereocenters. The lowest BCUT2D eigenvalue weighted by atomic mass is 9.71. The zero-order valence-corrected chi connectivity index (χ0v) is 22.1. The van der Waals surface area contributed by atoms with Crippen molar-refractivity contribution in [3.8, 4) is 0 Å². The number of piperazine rings is 1. The van der Waals surface area contributed by atoms with Gasteiger partial charge in [-0.1, -0.05) is 30.7 Å². The minimum Gasteiger partial charge on any atom is -0.369 e. The van der Waals surface area contributed by atoms with Crippen molar-refractivity contribution < 1.29 is 14.0 Å². The van der Waals surface area contributed by atoms with Gasteiger partial charge in [-0.25, -0.2) is 9.37 Å². The summed E-state index contributed by atoms with van der Waals surface area (Å²) in [6.45, 7) is 7.36. The van der Waals surface area contributed by atoms with Crippen LogP contribution in [0, 0.1) is 5.82 Å². The number of anilines is 2. The van der Waals surface area contributed by atoms with Crippen molar-refractivity contribution in [3.05, 3.63) is 88.5 Å². The number of hydrogen-bond donors (Lipinski definition) is 2. The van der Waals surface area contributed by atoms with E-state index in [0.717, 1.165) is 75.5 Å². The molecule has 0 spiro atoms. The second-order valence-corrected chi connectivity index (χ2v) is 10.2. The standard InChI is InChI=1S/C29H31ClFN5O2/c1-2-35-14-16-36(17-15-35)24-10-4-20(5-11-24)27(37)34-29(12-3-13-29)21-6-8-23(9-7-21)33-28(38)25-18-22(31)19-32-26(25)30/h4-11,18-19H,2-3,12-17H2,1H3,(H,33,38)(H,34,37). The van der Waals surface area contributed by atoms with Gasteiger partial charge >= 0.3 is 0 Å². The van der Waals surface area contributed by atoms with Crippen molar-refractivity contribution in [3.63, 3.8) is 0 Å². The molecule has 1 saturated carbocycles. The fourth-order valence-electron chi connectivity index (χ4n) is 5.10. The fourth-order valence-corrected chi connectivity index (χ4v) is 5.29. The Morgan fingerprint density at radius 2 is 1.68 bits per heavy atom.